The number of rotatable bonds is 2. The number of H-pyrrole nitrogens is 1. The fourth-order valence-corrected chi connectivity index (χ4v) is 1.45. The van der Waals surface area contributed by atoms with Gasteiger partial charge in [-0.2, -0.15) is 0 Å². The second-order valence-electron chi connectivity index (χ2n) is 3.57. The number of nitrogens with zero attached hydrogens (tertiary/aromatic N) is 3. The Morgan fingerprint density at radius 2 is 2.31 bits per heavy atom. The lowest BCUT2D eigenvalue weighted by Gasteiger charge is -1.95. The molecule has 4 heteroatoms. The smallest absolute Gasteiger partial charge is 0.180 e. The first-order chi connectivity index (χ1) is 6.42. The Morgan fingerprint density at radius 1 is 1.38 bits per heavy atom. The molecule has 1 saturated carbocycles. The summed E-state index contributed by atoms with van der Waals surface area (Å²) in [4.78, 5) is 15.7. The van der Waals surface area contributed by atoms with Gasteiger partial charge >= 0.3 is 0 Å². The van der Waals surface area contributed by atoms with Crippen LogP contribution in [-0.4, -0.2) is 19.9 Å². The molecule has 1 fully saturated rings. The fraction of sp³-hybridized carbons (Fsp3) is 0.444. The first-order valence-electron chi connectivity index (χ1n) is 4.57. The van der Waals surface area contributed by atoms with Crippen molar-refractivity contribution >= 4 is 11.2 Å². The Kier molecular flexibility index (Phi) is 1.36. The quantitative estimate of drug-likeness (QED) is 0.746. The summed E-state index contributed by atoms with van der Waals surface area (Å²) in [6.45, 7) is 0. The number of hydrogen-bond donors (Lipinski definition) is 1. The fourth-order valence-electron chi connectivity index (χ4n) is 1.45. The Balaban J connectivity index is 1.99. The molecule has 0 amide bonds. The molecule has 0 aliphatic heterocycles. The molecule has 0 spiro atoms. The molecule has 1 aliphatic carbocycles. The summed E-state index contributed by atoms with van der Waals surface area (Å²) in [5.74, 6) is 1.76. The van der Waals surface area contributed by atoms with E-state index in [2.05, 4.69) is 19.9 Å². The van der Waals surface area contributed by atoms with Crippen LogP contribution in [0.4, 0.5) is 0 Å². The predicted molar refractivity (Wildman–Crippen MR) is 48.1 cm³/mol. The summed E-state index contributed by atoms with van der Waals surface area (Å²) in [6.07, 6.45) is 7.15. The second-order valence-corrected chi connectivity index (χ2v) is 3.57. The van der Waals surface area contributed by atoms with Gasteiger partial charge in [-0.15, -0.1) is 0 Å². The summed E-state index contributed by atoms with van der Waals surface area (Å²) in [5, 5.41) is 0. The van der Waals surface area contributed by atoms with Crippen molar-refractivity contribution in [2.45, 2.75) is 19.3 Å². The van der Waals surface area contributed by atoms with E-state index in [-0.39, 0.29) is 0 Å². The largest absolute Gasteiger partial charge is 0.342 e. The van der Waals surface area contributed by atoms with Crippen LogP contribution in [0.25, 0.3) is 11.2 Å². The van der Waals surface area contributed by atoms with E-state index < -0.39 is 0 Å². The molecule has 0 bridgehead atoms. The highest BCUT2D eigenvalue weighted by molar-refractivity contribution is 5.68. The van der Waals surface area contributed by atoms with E-state index >= 15 is 0 Å². The van der Waals surface area contributed by atoms with Crippen molar-refractivity contribution in [1.29, 1.82) is 0 Å². The maximum Gasteiger partial charge on any atom is 0.180 e. The van der Waals surface area contributed by atoms with E-state index in [4.69, 9.17) is 0 Å². The third-order valence-electron chi connectivity index (χ3n) is 2.39. The summed E-state index contributed by atoms with van der Waals surface area (Å²) < 4.78 is 0. The normalized spacial score (nSPS) is 16.6. The van der Waals surface area contributed by atoms with Gasteiger partial charge in [-0.25, -0.2) is 15.0 Å². The lowest BCUT2D eigenvalue weighted by Crippen LogP contribution is -1.96. The van der Waals surface area contributed by atoms with Crippen molar-refractivity contribution < 1.29 is 0 Å². The number of nitrogens with one attached hydrogen (secondary N) is 1. The molecule has 1 N–H and O–H groups in total. The molecule has 0 unspecified atom stereocenters. The number of aromatic amines is 1. The Labute approximate surface area is 75.4 Å². The van der Waals surface area contributed by atoms with Gasteiger partial charge in [0.05, 0.1) is 12.5 Å². The van der Waals surface area contributed by atoms with Gasteiger partial charge < -0.3 is 4.98 Å². The van der Waals surface area contributed by atoms with Crippen LogP contribution in [0.2, 0.25) is 0 Å². The Bertz CT molecular complexity index is 430. The van der Waals surface area contributed by atoms with Crippen LogP contribution in [0.15, 0.2) is 12.5 Å². The van der Waals surface area contributed by atoms with Gasteiger partial charge in [0.15, 0.2) is 5.65 Å². The highest BCUT2D eigenvalue weighted by Crippen LogP contribution is 2.31. The summed E-state index contributed by atoms with van der Waals surface area (Å²) in [6, 6.07) is 0. The van der Waals surface area contributed by atoms with Crippen molar-refractivity contribution in [3.63, 3.8) is 0 Å². The monoisotopic (exact) mass is 174 g/mol. The number of aromatic nitrogens is 4. The van der Waals surface area contributed by atoms with Crippen molar-refractivity contribution in [3.05, 3.63) is 18.3 Å². The van der Waals surface area contributed by atoms with Gasteiger partial charge in [-0.3, -0.25) is 0 Å². The molecule has 0 saturated heterocycles. The Morgan fingerprint density at radius 3 is 3.15 bits per heavy atom. The van der Waals surface area contributed by atoms with Gasteiger partial charge in [0.25, 0.3) is 0 Å². The molecule has 1 aliphatic rings. The standard InChI is InChI=1S/C9H10N4/c1-2-6(1)3-8-10-4-7-9(13-8)12-5-11-7/h4-6H,1-3H2,(H,10,11,12,13). The number of hydrogen-bond acceptors (Lipinski definition) is 3. The van der Waals surface area contributed by atoms with E-state index in [9.17, 15) is 0 Å². The van der Waals surface area contributed by atoms with E-state index in [0.717, 1.165) is 29.3 Å². The van der Waals surface area contributed by atoms with Crippen LogP contribution < -0.4 is 0 Å². The summed E-state index contributed by atoms with van der Waals surface area (Å²) >= 11 is 0. The molecular weight excluding hydrogens is 164 g/mol. The minimum atomic E-state index is 0.783. The predicted octanol–water partition coefficient (Wildman–Crippen LogP) is 1.31. The maximum atomic E-state index is 4.36. The zero-order valence-corrected chi connectivity index (χ0v) is 7.20. The molecule has 0 atom stereocenters. The highest BCUT2D eigenvalue weighted by Gasteiger charge is 2.22. The third kappa shape index (κ3) is 1.28. The van der Waals surface area contributed by atoms with E-state index in [1.54, 1.807) is 6.33 Å². The molecule has 13 heavy (non-hydrogen) atoms. The minimum absolute atomic E-state index is 0.783. The average molecular weight is 174 g/mol. The van der Waals surface area contributed by atoms with Crippen molar-refractivity contribution in [2.24, 2.45) is 5.92 Å². The molecular formula is C9H10N4. The SMILES string of the molecule is c1nc2nc(CC3CC3)ncc2[nH]1. The van der Waals surface area contributed by atoms with Crippen molar-refractivity contribution in [3.8, 4) is 0 Å². The maximum absolute atomic E-state index is 4.36. The first-order valence-corrected chi connectivity index (χ1v) is 4.57. The lowest BCUT2D eigenvalue weighted by molar-refractivity contribution is 0.775. The van der Waals surface area contributed by atoms with Gasteiger partial charge in [-0.05, 0) is 18.8 Å². The van der Waals surface area contributed by atoms with Crippen LogP contribution in [0.1, 0.15) is 18.7 Å². The first kappa shape index (κ1) is 7.00. The van der Waals surface area contributed by atoms with Crippen molar-refractivity contribution in [2.75, 3.05) is 0 Å². The van der Waals surface area contributed by atoms with Crippen LogP contribution in [0, 0.1) is 5.92 Å². The number of imidazole rings is 1. The van der Waals surface area contributed by atoms with Gasteiger partial charge in [-0.1, -0.05) is 0 Å². The highest BCUT2D eigenvalue weighted by atomic mass is 15.0. The lowest BCUT2D eigenvalue weighted by atomic mass is 10.3. The molecule has 66 valence electrons. The van der Waals surface area contributed by atoms with Crippen LogP contribution in [0.3, 0.4) is 0 Å². The molecule has 2 aromatic heterocycles. The molecule has 3 rings (SSSR count). The molecule has 2 aromatic rings. The van der Waals surface area contributed by atoms with Gasteiger partial charge in [0, 0.05) is 6.42 Å². The van der Waals surface area contributed by atoms with E-state index in [1.165, 1.54) is 12.8 Å². The third-order valence-corrected chi connectivity index (χ3v) is 2.39. The Hall–Kier alpha value is -1.45. The van der Waals surface area contributed by atoms with E-state index in [0.29, 0.717) is 0 Å². The van der Waals surface area contributed by atoms with Gasteiger partial charge in [0.2, 0.25) is 0 Å². The van der Waals surface area contributed by atoms with Crippen LogP contribution in [0.5, 0.6) is 0 Å². The van der Waals surface area contributed by atoms with Crippen LogP contribution in [-0.2, 0) is 6.42 Å². The molecule has 4 nitrogen and oxygen atoms in total. The zero-order valence-electron chi connectivity index (χ0n) is 7.20. The topological polar surface area (TPSA) is 54.5 Å². The molecule has 0 aromatic carbocycles. The van der Waals surface area contributed by atoms with Crippen molar-refractivity contribution in [1.82, 2.24) is 19.9 Å². The second kappa shape index (κ2) is 2.52. The average Bonchev–Trinajstić information content (AvgIpc) is 2.83. The minimum Gasteiger partial charge on any atom is -0.342 e. The molecule has 0 radical (unpaired) electrons. The zero-order chi connectivity index (χ0) is 8.67. The molecule has 2 heterocycles. The summed E-state index contributed by atoms with van der Waals surface area (Å²) in [7, 11) is 0. The van der Waals surface area contributed by atoms with Crippen LogP contribution >= 0.6 is 0 Å². The number of fused-ring (bicyclic) bond motifs is 1. The van der Waals surface area contributed by atoms with E-state index in [1.807, 2.05) is 6.20 Å². The summed E-state index contributed by atoms with van der Waals surface area (Å²) in [5.41, 5.74) is 1.70. The van der Waals surface area contributed by atoms with Gasteiger partial charge in [0.1, 0.15) is 11.3 Å².